The minimum absolute atomic E-state index is 0.214. The molecule has 3 N–H and O–H groups in total. The molecule has 0 spiro atoms. The predicted octanol–water partition coefficient (Wildman–Crippen LogP) is 3.52. The molecule has 0 radical (unpaired) electrons. The van der Waals surface area contributed by atoms with E-state index in [1.165, 1.54) is 37.3 Å². The van der Waals surface area contributed by atoms with Gasteiger partial charge in [0, 0.05) is 11.4 Å². The van der Waals surface area contributed by atoms with E-state index in [1.807, 2.05) is 0 Å². The summed E-state index contributed by atoms with van der Waals surface area (Å²) in [6.45, 7) is 0.903. The maximum absolute atomic E-state index is 13.0. The normalized spacial score (nSPS) is 13.4. The molecule has 0 unspecified atom stereocenters. The van der Waals surface area contributed by atoms with E-state index in [0.717, 1.165) is 12.1 Å². The summed E-state index contributed by atoms with van der Waals surface area (Å²) < 4.78 is 51.8. The predicted molar refractivity (Wildman–Crippen MR) is 90.3 cm³/mol. The van der Waals surface area contributed by atoms with E-state index in [0.29, 0.717) is 11.8 Å². The number of nitrogens with one attached hydrogen (secondary N) is 2. The van der Waals surface area contributed by atoms with E-state index in [-0.39, 0.29) is 12.2 Å². The number of anilines is 2. The molecule has 142 valence electrons. The molecule has 2 rings (SSSR count). The quantitative estimate of drug-likeness (QED) is 0.692. The molecule has 5 nitrogen and oxygen atoms in total. The number of rotatable bonds is 5. The molecule has 0 aliphatic rings. The Kier molecular flexibility index (Phi) is 5.71. The van der Waals surface area contributed by atoms with E-state index in [4.69, 9.17) is 5.26 Å². The van der Waals surface area contributed by atoms with Crippen molar-refractivity contribution in [1.29, 1.82) is 5.26 Å². The van der Waals surface area contributed by atoms with Gasteiger partial charge in [-0.3, -0.25) is 4.79 Å². The molecule has 27 heavy (non-hydrogen) atoms. The Balaban J connectivity index is 2.11. The summed E-state index contributed by atoms with van der Waals surface area (Å²) in [6, 6.07) is 9.31. The Morgan fingerprint density at radius 3 is 2.30 bits per heavy atom. The molecule has 0 heterocycles. The lowest BCUT2D eigenvalue weighted by atomic mass is 10.0. The number of hydrogen-bond acceptors (Lipinski definition) is 4. The molecule has 0 aliphatic heterocycles. The molecule has 0 bridgehead atoms. The highest BCUT2D eigenvalue weighted by Crippen LogP contribution is 2.33. The van der Waals surface area contributed by atoms with Crippen molar-refractivity contribution >= 4 is 17.3 Å². The maximum Gasteiger partial charge on any atom is 0.417 e. The standard InChI is InChI=1S/C18H15F4N3O2/c1-17(27,10-24-13-6-3-12(19)4-7-13)16(26)25-14-5-2-11(9-23)15(8-14)18(20,21)22/h2-8,24,27H,10H2,1H3,(H,25,26)/t17-/m0/s1. The summed E-state index contributed by atoms with van der Waals surface area (Å²) in [6.07, 6.45) is -4.77. The van der Waals surface area contributed by atoms with Gasteiger partial charge in [-0.15, -0.1) is 0 Å². The van der Waals surface area contributed by atoms with Crippen molar-refractivity contribution in [2.45, 2.75) is 18.7 Å². The zero-order chi connectivity index (χ0) is 20.2. The second-order valence-electron chi connectivity index (χ2n) is 5.96. The Labute approximate surface area is 152 Å². The highest BCUT2D eigenvalue weighted by atomic mass is 19.4. The van der Waals surface area contributed by atoms with Gasteiger partial charge in [0.2, 0.25) is 0 Å². The SMILES string of the molecule is C[C@](O)(CNc1ccc(F)cc1)C(=O)Nc1ccc(C#N)c(C(F)(F)F)c1. The largest absolute Gasteiger partial charge is 0.417 e. The number of benzene rings is 2. The van der Waals surface area contributed by atoms with Crippen LogP contribution in [-0.2, 0) is 11.0 Å². The molecule has 9 heteroatoms. The third-order valence-corrected chi connectivity index (χ3v) is 3.67. The smallest absolute Gasteiger partial charge is 0.382 e. The molecule has 2 aromatic carbocycles. The zero-order valence-electron chi connectivity index (χ0n) is 14.1. The van der Waals surface area contributed by atoms with Crippen molar-refractivity contribution in [3.63, 3.8) is 0 Å². The van der Waals surface area contributed by atoms with Crippen LogP contribution in [0.3, 0.4) is 0 Å². The van der Waals surface area contributed by atoms with Crippen molar-refractivity contribution in [1.82, 2.24) is 0 Å². The fourth-order valence-electron chi connectivity index (χ4n) is 2.14. The average molecular weight is 381 g/mol. The van der Waals surface area contributed by atoms with Crippen LogP contribution in [0.15, 0.2) is 42.5 Å². The van der Waals surface area contributed by atoms with Gasteiger partial charge in [-0.05, 0) is 49.4 Å². The maximum atomic E-state index is 13.0. The number of nitrogens with zero attached hydrogens (tertiary/aromatic N) is 1. The topological polar surface area (TPSA) is 85.2 Å². The number of alkyl halides is 3. The summed E-state index contributed by atoms with van der Waals surface area (Å²) in [7, 11) is 0. The number of aliphatic hydroxyl groups is 1. The van der Waals surface area contributed by atoms with Gasteiger partial charge < -0.3 is 15.7 Å². The second-order valence-corrected chi connectivity index (χ2v) is 5.96. The first-order valence-electron chi connectivity index (χ1n) is 7.67. The van der Waals surface area contributed by atoms with Gasteiger partial charge in [0.25, 0.3) is 5.91 Å². The molecular formula is C18H15F4N3O2. The highest BCUT2D eigenvalue weighted by Gasteiger charge is 2.35. The first-order chi connectivity index (χ1) is 12.5. The monoisotopic (exact) mass is 381 g/mol. The van der Waals surface area contributed by atoms with E-state index in [1.54, 1.807) is 0 Å². The van der Waals surface area contributed by atoms with Crippen LogP contribution in [0.2, 0.25) is 0 Å². The van der Waals surface area contributed by atoms with E-state index in [9.17, 15) is 27.5 Å². The average Bonchev–Trinajstić information content (AvgIpc) is 2.60. The first-order valence-corrected chi connectivity index (χ1v) is 7.67. The summed E-state index contributed by atoms with van der Waals surface area (Å²) in [5, 5.41) is 24.0. The Hall–Kier alpha value is -3.12. The Bertz CT molecular complexity index is 872. The third kappa shape index (κ3) is 5.18. The van der Waals surface area contributed by atoms with Crippen LogP contribution in [0.25, 0.3) is 0 Å². The molecule has 0 fully saturated rings. The highest BCUT2D eigenvalue weighted by molar-refractivity contribution is 5.97. The van der Waals surface area contributed by atoms with E-state index >= 15 is 0 Å². The number of halogens is 4. The fraction of sp³-hybridized carbons (Fsp3) is 0.222. The van der Waals surface area contributed by atoms with Gasteiger partial charge in [0.15, 0.2) is 5.60 Å². The van der Waals surface area contributed by atoms with E-state index in [2.05, 4.69) is 10.6 Å². The number of hydrogen-bond donors (Lipinski definition) is 3. The minimum Gasteiger partial charge on any atom is -0.382 e. The lowest BCUT2D eigenvalue weighted by Gasteiger charge is -2.23. The lowest BCUT2D eigenvalue weighted by molar-refractivity contribution is -0.137. The van der Waals surface area contributed by atoms with Gasteiger partial charge in [-0.25, -0.2) is 4.39 Å². The number of nitriles is 1. The third-order valence-electron chi connectivity index (χ3n) is 3.67. The number of carbonyl (C=O) groups is 1. The van der Waals surface area contributed by atoms with Crippen LogP contribution in [-0.4, -0.2) is 23.2 Å². The zero-order valence-corrected chi connectivity index (χ0v) is 14.1. The number of carbonyl (C=O) groups excluding carboxylic acids is 1. The van der Waals surface area contributed by atoms with Crippen molar-refractivity contribution < 1.29 is 27.5 Å². The molecule has 2 aromatic rings. The van der Waals surface area contributed by atoms with Crippen molar-refractivity contribution in [3.8, 4) is 6.07 Å². The van der Waals surface area contributed by atoms with Crippen LogP contribution < -0.4 is 10.6 Å². The summed E-state index contributed by atoms with van der Waals surface area (Å²) in [4.78, 5) is 12.2. The lowest BCUT2D eigenvalue weighted by Crippen LogP contribution is -2.45. The molecular weight excluding hydrogens is 366 g/mol. The molecule has 0 aliphatic carbocycles. The van der Waals surface area contributed by atoms with Gasteiger partial charge in [0.05, 0.1) is 23.7 Å². The van der Waals surface area contributed by atoms with E-state index < -0.39 is 34.6 Å². The van der Waals surface area contributed by atoms with Crippen LogP contribution in [0.4, 0.5) is 28.9 Å². The van der Waals surface area contributed by atoms with Gasteiger partial charge in [0.1, 0.15) is 5.82 Å². The molecule has 0 saturated heterocycles. The molecule has 0 saturated carbocycles. The molecule has 0 aromatic heterocycles. The Morgan fingerprint density at radius 1 is 1.15 bits per heavy atom. The van der Waals surface area contributed by atoms with Crippen LogP contribution in [0, 0.1) is 17.1 Å². The molecule has 1 amide bonds. The van der Waals surface area contributed by atoms with Crippen LogP contribution in [0.5, 0.6) is 0 Å². The van der Waals surface area contributed by atoms with Crippen LogP contribution in [0.1, 0.15) is 18.1 Å². The fourth-order valence-corrected chi connectivity index (χ4v) is 2.14. The van der Waals surface area contributed by atoms with Crippen LogP contribution >= 0.6 is 0 Å². The first kappa shape index (κ1) is 20.2. The Morgan fingerprint density at radius 2 is 1.74 bits per heavy atom. The van der Waals surface area contributed by atoms with Gasteiger partial charge >= 0.3 is 6.18 Å². The summed E-state index contributed by atoms with van der Waals surface area (Å²) in [5.41, 5.74) is -3.51. The molecule has 1 atom stereocenters. The minimum atomic E-state index is -4.77. The van der Waals surface area contributed by atoms with Gasteiger partial charge in [-0.2, -0.15) is 18.4 Å². The second kappa shape index (κ2) is 7.63. The summed E-state index contributed by atoms with van der Waals surface area (Å²) >= 11 is 0. The summed E-state index contributed by atoms with van der Waals surface area (Å²) in [5.74, 6) is -1.40. The van der Waals surface area contributed by atoms with Crippen molar-refractivity contribution in [3.05, 3.63) is 59.4 Å². The number of amides is 1. The van der Waals surface area contributed by atoms with Gasteiger partial charge in [-0.1, -0.05) is 0 Å². The van der Waals surface area contributed by atoms with Crippen molar-refractivity contribution in [2.24, 2.45) is 0 Å². The van der Waals surface area contributed by atoms with Crippen molar-refractivity contribution in [2.75, 3.05) is 17.2 Å².